The lowest BCUT2D eigenvalue weighted by Gasteiger charge is -2.19. The van der Waals surface area contributed by atoms with Gasteiger partial charge in [0.15, 0.2) is 11.5 Å². The van der Waals surface area contributed by atoms with Gasteiger partial charge in [-0.25, -0.2) is 0 Å². The van der Waals surface area contributed by atoms with E-state index in [1.54, 1.807) is 7.11 Å². The minimum Gasteiger partial charge on any atom is -0.493 e. The van der Waals surface area contributed by atoms with Crippen molar-refractivity contribution < 1.29 is 14.6 Å². The van der Waals surface area contributed by atoms with E-state index in [2.05, 4.69) is 6.92 Å². The van der Waals surface area contributed by atoms with Crippen molar-refractivity contribution in [3.05, 3.63) is 29.8 Å². The molecule has 1 atom stereocenters. The Kier molecular flexibility index (Phi) is 7.12. The van der Waals surface area contributed by atoms with E-state index in [1.807, 2.05) is 49.2 Å². The van der Waals surface area contributed by atoms with Gasteiger partial charge in [0.25, 0.3) is 0 Å². The second-order valence-electron chi connectivity index (χ2n) is 4.73. The van der Waals surface area contributed by atoms with Crippen LogP contribution in [0.2, 0.25) is 0 Å². The Morgan fingerprint density at radius 3 is 2.70 bits per heavy atom. The van der Waals surface area contributed by atoms with Gasteiger partial charge < -0.3 is 19.5 Å². The van der Waals surface area contributed by atoms with Crippen LogP contribution in [0.4, 0.5) is 0 Å². The molecule has 0 fully saturated rings. The van der Waals surface area contributed by atoms with Crippen LogP contribution in [-0.4, -0.2) is 50.0 Å². The maximum Gasteiger partial charge on any atom is 0.161 e. The number of aliphatic hydroxyl groups excluding tert-OH is 1. The molecule has 0 saturated heterocycles. The van der Waals surface area contributed by atoms with Crippen molar-refractivity contribution >= 4 is 6.08 Å². The van der Waals surface area contributed by atoms with E-state index < -0.39 is 6.10 Å². The molecule has 0 aliphatic carbocycles. The van der Waals surface area contributed by atoms with Crippen molar-refractivity contribution in [3.8, 4) is 11.5 Å². The molecular formula is C16H25NO3. The highest BCUT2D eigenvalue weighted by molar-refractivity contribution is 5.55. The summed E-state index contributed by atoms with van der Waals surface area (Å²) < 4.78 is 11.0. The molecule has 0 aromatic heterocycles. The molecule has 20 heavy (non-hydrogen) atoms. The Morgan fingerprint density at radius 2 is 2.10 bits per heavy atom. The minimum atomic E-state index is -0.514. The number of nitrogens with zero attached hydrogens (tertiary/aromatic N) is 1. The second kappa shape index (κ2) is 8.61. The summed E-state index contributed by atoms with van der Waals surface area (Å²) >= 11 is 0. The van der Waals surface area contributed by atoms with E-state index in [1.165, 1.54) is 0 Å². The van der Waals surface area contributed by atoms with Gasteiger partial charge in [0.05, 0.1) is 7.11 Å². The fraction of sp³-hybridized carbons (Fsp3) is 0.500. The van der Waals surface area contributed by atoms with E-state index in [0.29, 0.717) is 18.0 Å². The molecule has 0 amide bonds. The third-order valence-corrected chi connectivity index (χ3v) is 3.04. The fourth-order valence-corrected chi connectivity index (χ4v) is 1.83. The molecule has 1 aromatic rings. The number of benzene rings is 1. The Labute approximate surface area is 121 Å². The first kappa shape index (κ1) is 16.5. The van der Waals surface area contributed by atoms with Crippen LogP contribution < -0.4 is 9.47 Å². The van der Waals surface area contributed by atoms with Gasteiger partial charge in [-0.3, -0.25) is 0 Å². The molecule has 0 bridgehead atoms. The molecule has 1 N–H and O–H groups in total. The summed E-state index contributed by atoms with van der Waals surface area (Å²) in [6.07, 6.45) is 3.46. The Bertz CT molecular complexity index is 432. The van der Waals surface area contributed by atoms with Crippen molar-refractivity contribution in [2.45, 2.75) is 20.0 Å². The molecule has 0 radical (unpaired) electrons. The summed E-state index contributed by atoms with van der Waals surface area (Å²) in [6, 6.07) is 5.74. The monoisotopic (exact) mass is 279 g/mol. The number of aliphatic hydroxyl groups is 1. The molecule has 1 aromatic carbocycles. The van der Waals surface area contributed by atoms with Crippen LogP contribution in [0.1, 0.15) is 19.4 Å². The number of allylic oxidation sites excluding steroid dienone is 1. The van der Waals surface area contributed by atoms with Crippen LogP contribution in [-0.2, 0) is 0 Å². The lowest BCUT2D eigenvalue weighted by Crippen LogP contribution is -2.32. The summed E-state index contributed by atoms with van der Waals surface area (Å²) in [5, 5.41) is 9.90. The van der Waals surface area contributed by atoms with Crippen LogP contribution in [0, 0.1) is 0 Å². The predicted molar refractivity (Wildman–Crippen MR) is 82.4 cm³/mol. The van der Waals surface area contributed by atoms with Crippen LogP contribution >= 0.6 is 0 Å². The van der Waals surface area contributed by atoms with Crippen LogP contribution in [0.15, 0.2) is 24.3 Å². The van der Waals surface area contributed by atoms with Gasteiger partial charge in [0.1, 0.15) is 12.7 Å². The summed E-state index contributed by atoms with van der Waals surface area (Å²) in [6.45, 7) is 5.77. The van der Waals surface area contributed by atoms with Crippen molar-refractivity contribution in [1.82, 2.24) is 4.90 Å². The third-order valence-electron chi connectivity index (χ3n) is 3.04. The molecule has 0 aliphatic heterocycles. The van der Waals surface area contributed by atoms with Gasteiger partial charge in [-0.1, -0.05) is 25.1 Å². The number of methoxy groups -OCH3 is 1. The van der Waals surface area contributed by atoms with E-state index in [-0.39, 0.29) is 6.61 Å². The highest BCUT2D eigenvalue weighted by atomic mass is 16.5. The molecule has 0 saturated carbocycles. The third kappa shape index (κ3) is 5.23. The molecule has 4 nitrogen and oxygen atoms in total. The molecule has 0 heterocycles. The van der Waals surface area contributed by atoms with Crippen molar-refractivity contribution in [2.75, 3.05) is 33.9 Å². The summed E-state index contributed by atoms with van der Waals surface area (Å²) in [4.78, 5) is 2.04. The molecule has 1 unspecified atom stereocenters. The van der Waals surface area contributed by atoms with Crippen molar-refractivity contribution in [2.24, 2.45) is 0 Å². The number of ether oxygens (including phenoxy) is 2. The first-order chi connectivity index (χ1) is 9.60. The zero-order valence-electron chi connectivity index (χ0n) is 12.8. The first-order valence-electron chi connectivity index (χ1n) is 6.90. The van der Waals surface area contributed by atoms with E-state index >= 15 is 0 Å². The average molecular weight is 279 g/mol. The Morgan fingerprint density at radius 1 is 1.35 bits per heavy atom. The first-order valence-corrected chi connectivity index (χ1v) is 6.90. The standard InChI is InChI=1S/C16H25NO3/c1-5-7-13-8-9-15(16(10-13)19-4)20-12-14(18)11-17(3)6-2/h5,7-10,14,18H,6,11-12H2,1-4H3. The second-order valence-corrected chi connectivity index (χ2v) is 4.73. The van der Waals surface area contributed by atoms with Crippen LogP contribution in [0.3, 0.4) is 0 Å². The Balaban J connectivity index is 2.63. The average Bonchev–Trinajstić information content (AvgIpc) is 2.45. The summed E-state index contributed by atoms with van der Waals surface area (Å²) in [7, 11) is 3.58. The number of rotatable bonds is 8. The van der Waals surface area contributed by atoms with Crippen LogP contribution in [0.25, 0.3) is 6.08 Å². The molecule has 0 aliphatic rings. The molecule has 1 rings (SSSR count). The fourth-order valence-electron chi connectivity index (χ4n) is 1.83. The maximum atomic E-state index is 9.90. The summed E-state index contributed by atoms with van der Waals surface area (Å²) in [5.74, 6) is 1.33. The molecular weight excluding hydrogens is 254 g/mol. The van der Waals surface area contributed by atoms with Gasteiger partial charge in [0.2, 0.25) is 0 Å². The van der Waals surface area contributed by atoms with Crippen LogP contribution in [0.5, 0.6) is 11.5 Å². The van der Waals surface area contributed by atoms with Crippen molar-refractivity contribution in [1.29, 1.82) is 0 Å². The van der Waals surface area contributed by atoms with Gasteiger partial charge >= 0.3 is 0 Å². The normalized spacial score (nSPS) is 12.9. The highest BCUT2D eigenvalue weighted by Gasteiger charge is 2.10. The number of likely N-dealkylation sites (N-methyl/N-ethyl adjacent to an activating group) is 1. The molecule has 4 heteroatoms. The van der Waals surface area contributed by atoms with Gasteiger partial charge in [-0.2, -0.15) is 0 Å². The Hall–Kier alpha value is -1.52. The lowest BCUT2D eigenvalue weighted by molar-refractivity contribution is 0.0767. The highest BCUT2D eigenvalue weighted by Crippen LogP contribution is 2.28. The van der Waals surface area contributed by atoms with Crippen molar-refractivity contribution in [3.63, 3.8) is 0 Å². The number of hydrogen-bond acceptors (Lipinski definition) is 4. The maximum absolute atomic E-state index is 9.90. The smallest absolute Gasteiger partial charge is 0.161 e. The van der Waals surface area contributed by atoms with E-state index in [9.17, 15) is 5.11 Å². The zero-order valence-corrected chi connectivity index (χ0v) is 12.8. The zero-order chi connectivity index (χ0) is 15.0. The number of hydrogen-bond donors (Lipinski definition) is 1. The summed E-state index contributed by atoms with van der Waals surface area (Å²) in [5.41, 5.74) is 1.06. The van der Waals surface area contributed by atoms with Gasteiger partial charge in [-0.05, 0) is 38.2 Å². The molecule has 0 spiro atoms. The van der Waals surface area contributed by atoms with E-state index in [0.717, 1.165) is 12.1 Å². The lowest BCUT2D eigenvalue weighted by atomic mass is 10.2. The quantitative estimate of drug-likeness (QED) is 0.793. The topological polar surface area (TPSA) is 41.9 Å². The SMILES string of the molecule is CC=Cc1ccc(OCC(O)CN(C)CC)c(OC)c1. The predicted octanol–water partition coefficient (Wildman–Crippen LogP) is 2.42. The largest absolute Gasteiger partial charge is 0.493 e. The van der Waals surface area contributed by atoms with Gasteiger partial charge in [0, 0.05) is 6.54 Å². The minimum absolute atomic E-state index is 0.254. The molecule has 112 valence electrons. The van der Waals surface area contributed by atoms with E-state index in [4.69, 9.17) is 9.47 Å². The van der Waals surface area contributed by atoms with Gasteiger partial charge in [-0.15, -0.1) is 0 Å².